The minimum absolute atomic E-state index is 0.0296. The van der Waals surface area contributed by atoms with E-state index >= 15 is 0 Å². The van der Waals surface area contributed by atoms with Crippen molar-refractivity contribution >= 4 is 120 Å². The molecule has 2 saturated carbocycles. The van der Waals surface area contributed by atoms with Gasteiger partial charge in [0, 0.05) is 130 Å². The van der Waals surface area contributed by atoms with Gasteiger partial charge in [0.2, 0.25) is 31.5 Å². The Hall–Kier alpha value is -9.17. The number of carbonyl (C=O) groups is 2. The molecule has 31 heteroatoms. The van der Waals surface area contributed by atoms with E-state index in [9.17, 15) is 69.6 Å². The van der Waals surface area contributed by atoms with E-state index in [1.165, 1.54) is 67.2 Å². The summed E-state index contributed by atoms with van der Waals surface area (Å²) in [5.74, 6) is -0.573. The molecular formula is C87H109ClF6N8O12S4+2. The maximum atomic E-state index is 12.0. The topological polar surface area (TPSA) is 254 Å². The van der Waals surface area contributed by atoms with E-state index < -0.39 is 51.1 Å². The maximum absolute atomic E-state index is 12.0. The molecule has 0 aliphatic heterocycles. The van der Waals surface area contributed by atoms with Crippen LogP contribution in [-0.4, -0.2) is 157 Å². The fraction of sp³-hybridized carbons (Fsp3) is 0.402. The molecule has 118 heavy (non-hydrogen) atoms. The number of carbonyl (C=O) groups excluding carboxylic acids is 2. The fourth-order valence-corrected chi connectivity index (χ4v) is 18.6. The third-order valence-electron chi connectivity index (χ3n) is 20.4. The van der Waals surface area contributed by atoms with Crippen LogP contribution in [0.2, 0.25) is 5.02 Å². The lowest BCUT2D eigenvalue weighted by atomic mass is 9.82. The van der Waals surface area contributed by atoms with Crippen molar-refractivity contribution in [2.75, 3.05) is 84.5 Å². The molecule has 10 rings (SSSR count). The van der Waals surface area contributed by atoms with Crippen LogP contribution in [0, 0.1) is 6.92 Å². The number of fused-ring (bicyclic) bond motifs is 2. The van der Waals surface area contributed by atoms with E-state index in [2.05, 4.69) is 263 Å². The van der Waals surface area contributed by atoms with Crippen LogP contribution >= 0.6 is 11.6 Å². The summed E-state index contributed by atoms with van der Waals surface area (Å²) < 4.78 is 162. The number of rotatable bonds is 26. The molecule has 0 aromatic heterocycles. The summed E-state index contributed by atoms with van der Waals surface area (Å²) in [5.41, 5.74) is 12.3. The molecule has 4 aliphatic carbocycles. The maximum Gasteiger partial charge on any atom is 0.512 e. The molecule has 0 spiro atoms. The van der Waals surface area contributed by atoms with Crippen molar-refractivity contribution in [3.8, 4) is 0 Å². The van der Waals surface area contributed by atoms with Gasteiger partial charge in [-0.1, -0.05) is 97.6 Å². The van der Waals surface area contributed by atoms with Gasteiger partial charge in [-0.2, -0.15) is 26.3 Å². The van der Waals surface area contributed by atoms with E-state index in [1.54, 1.807) is 13.8 Å². The van der Waals surface area contributed by atoms with Gasteiger partial charge < -0.3 is 29.1 Å². The first-order chi connectivity index (χ1) is 55.5. The molecule has 0 heterocycles. The van der Waals surface area contributed by atoms with Gasteiger partial charge in [-0.25, -0.2) is 53.2 Å². The number of benzene rings is 6. The van der Waals surface area contributed by atoms with Gasteiger partial charge in [0.1, 0.15) is 12.2 Å². The minimum Gasteiger partial charge on any atom is -0.459 e. The second-order valence-electron chi connectivity index (χ2n) is 28.8. The van der Waals surface area contributed by atoms with Crippen molar-refractivity contribution < 1.29 is 89.1 Å². The highest BCUT2D eigenvalue weighted by Crippen LogP contribution is 2.43. The molecule has 0 amide bonds. The molecule has 4 aliphatic rings. The van der Waals surface area contributed by atoms with Gasteiger partial charge >= 0.3 is 43.0 Å². The molecule has 4 N–H and O–H groups in total. The number of hydrogen-bond acceptors (Lipinski definition) is 16. The number of halogens is 7. The van der Waals surface area contributed by atoms with Crippen molar-refractivity contribution in [2.24, 2.45) is 0 Å². The first-order valence-corrected chi connectivity index (χ1v) is 46.3. The van der Waals surface area contributed by atoms with Crippen LogP contribution in [0.4, 0.5) is 49.1 Å². The second kappa shape index (κ2) is 42.2. The SMILES string of the molecule is C=C(C)C(=O)OC1CCC([NH+]=C2C=CC(=C(c3ccc(N(CC)CC)cc3)c3ccc(N(CC)CC)cc3C)c3ccccc32)CC1.C=C(C)C(=O)OC1CCC([NH+]=C2C=CC(=C(c3ccc(N(CC)CC)cc3)c3ccc(N(CC)CC)cc3Cl)c3ccccc32)CC1.CS(=O)(=O)NS(=O)(=O)C(F)(F)F.CS(=O)(=O)NS(=O)(=O)C(F)(F)F. The third-order valence-corrected chi connectivity index (χ3v) is 26.1. The summed E-state index contributed by atoms with van der Waals surface area (Å²) in [7, 11) is -20.4. The minimum atomic E-state index is -5.79. The Labute approximate surface area is 697 Å². The summed E-state index contributed by atoms with van der Waals surface area (Å²) in [6.45, 7) is 38.4. The highest BCUT2D eigenvalue weighted by Gasteiger charge is 2.49. The van der Waals surface area contributed by atoms with Crippen LogP contribution in [0.5, 0.6) is 0 Å². The summed E-state index contributed by atoms with van der Waals surface area (Å²) >= 11 is 7.18. The predicted octanol–water partition coefficient (Wildman–Crippen LogP) is 14.1. The number of nitrogens with one attached hydrogen (secondary N) is 4. The van der Waals surface area contributed by atoms with Gasteiger partial charge in [-0.05, 0) is 230 Å². The molecule has 6 aromatic rings. The quantitative estimate of drug-likeness (QED) is 0.0224. The standard InChI is InChI=1S/C42H51N3O2.C41H48ClN3O2.2C2H4F3NO4S2/c1-8-44(9-2)33-20-16-31(17-21-33)41(36-25-22-34(28-30(36)7)45(10-3)11-4)39-26-27-40(38-15-13-12-14-37(38)39)43-32-18-23-35(24-19-32)47-42(46)29(5)6;1-7-44(8-2)31-19-15-29(16-20-31)40(37-24-21-32(27-38(37)42)45(9-3)10-4)36-25-26-39(35-14-12-11-13-34(35)36)43-30-17-22-33(23-18-30)47-41(46)28(5)6;2*1-11(7,8)6-12(9,10)2(3,4)5/h12-17,20-22,25-28,32,35H,5,8-11,18-19,23-24H2,1-4,6-7H3;11-16,19-21,24-27,30,33H,5,7-10,17-18,22-23H2,1-4,6H3;2*6H,1H3/p+2. The van der Waals surface area contributed by atoms with Crippen molar-refractivity contribution in [1.29, 1.82) is 0 Å². The first kappa shape index (κ1) is 96.0. The van der Waals surface area contributed by atoms with Gasteiger partial charge in [-0.3, -0.25) is 0 Å². The van der Waals surface area contributed by atoms with Gasteiger partial charge in [0.05, 0.1) is 28.7 Å². The van der Waals surface area contributed by atoms with E-state index in [0.717, 1.165) is 148 Å². The summed E-state index contributed by atoms with van der Waals surface area (Å²) in [6.07, 6.45) is 16.7. The molecule has 0 bridgehead atoms. The average molecular weight is 1740 g/mol. The molecule has 20 nitrogen and oxygen atoms in total. The molecule has 2 fully saturated rings. The molecule has 0 atom stereocenters. The van der Waals surface area contributed by atoms with Crippen LogP contribution in [0.25, 0.3) is 22.3 Å². The van der Waals surface area contributed by atoms with E-state index in [-0.39, 0.29) is 24.1 Å². The summed E-state index contributed by atoms with van der Waals surface area (Å²) in [6, 6.07) is 49.5. The fourth-order valence-electron chi connectivity index (χ4n) is 14.3. The molecule has 6 aromatic carbocycles. The molecule has 0 radical (unpaired) electrons. The van der Waals surface area contributed by atoms with Gasteiger partial charge in [0.25, 0.3) is 0 Å². The van der Waals surface area contributed by atoms with Crippen LogP contribution in [0.15, 0.2) is 182 Å². The van der Waals surface area contributed by atoms with Crippen molar-refractivity contribution in [1.82, 2.24) is 8.25 Å². The molecule has 640 valence electrons. The monoisotopic (exact) mass is 1730 g/mol. The number of esters is 2. The van der Waals surface area contributed by atoms with E-state index in [0.29, 0.717) is 44.0 Å². The lowest BCUT2D eigenvalue weighted by Gasteiger charge is -2.26. The Balaban J connectivity index is 0.000000255. The Kier molecular flexibility index (Phi) is 34.3. The largest absolute Gasteiger partial charge is 0.512 e. The highest BCUT2D eigenvalue weighted by molar-refractivity contribution is 8.05. The Morgan fingerprint density at radius 2 is 0.737 bits per heavy atom. The zero-order valence-corrected chi connectivity index (χ0v) is 73.0. The normalized spacial score (nSPS) is 18.3. The van der Waals surface area contributed by atoms with E-state index in [1.807, 2.05) is 0 Å². The number of anilines is 4. The number of hydrogen-bond donors (Lipinski definition) is 4. The first-order valence-electron chi connectivity index (χ1n) is 39.2. The van der Waals surface area contributed by atoms with Crippen molar-refractivity contribution in [2.45, 2.75) is 163 Å². The number of ether oxygens (including phenoxy) is 2. The third kappa shape index (κ3) is 25.9. The predicted molar refractivity (Wildman–Crippen MR) is 463 cm³/mol. The summed E-state index contributed by atoms with van der Waals surface area (Å²) in [4.78, 5) is 41.3. The highest BCUT2D eigenvalue weighted by atomic mass is 35.5. The number of sulfonamides is 4. The Bertz CT molecular complexity index is 4910. The average Bonchev–Trinajstić information content (AvgIpc) is 0.763. The number of aryl methyl sites for hydroxylation is 1. The van der Waals surface area contributed by atoms with Crippen LogP contribution in [-0.2, 0) is 59.2 Å². The number of allylic oxidation sites excluding steroid dienone is 6. The van der Waals surface area contributed by atoms with Gasteiger partial charge in [0.15, 0.2) is 12.1 Å². The lowest BCUT2D eigenvalue weighted by Crippen LogP contribution is -2.80. The van der Waals surface area contributed by atoms with Crippen LogP contribution < -0.4 is 37.8 Å². The Morgan fingerprint density at radius 3 is 1.03 bits per heavy atom. The van der Waals surface area contributed by atoms with Crippen molar-refractivity contribution in [3.05, 3.63) is 237 Å². The lowest BCUT2D eigenvalue weighted by molar-refractivity contribution is -0.507. The molecule has 0 saturated heterocycles. The second-order valence-corrected chi connectivity index (χ2v) is 36.6. The van der Waals surface area contributed by atoms with Crippen LogP contribution in [0.1, 0.15) is 171 Å². The summed E-state index contributed by atoms with van der Waals surface area (Å²) in [5, 5.41) is 0.743. The zero-order valence-electron chi connectivity index (χ0n) is 69.0. The van der Waals surface area contributed by atoms with Gasteiger partial charge in [-0.15, -0.1) is 8.25 Å². The smallest absolute Gasteiger partial charge is 0.459 e. The molecular weight excluding hydrogens is 1630 g/mol. The zero-order chi connectivity index (χ0) is 87.4. The van der Waals surface area contributed by atoms with E-state index in [4.69, 9.17) is 21.1 Å². The van der Waals surface area contributed by atoms with Crippen molar-refractivity contribution in [3.63, 3.8) is 0 Å². The Morgan fingerprint density at radius 1 is 0.441 bits per heavy atom. The number of alkyl halides is 6. The number of nitrogens with zero attached hydrogens (tertiary/aromatic N) is 4. The molecule has 0 unspecified atom stereocenters. The van der Waals surface area contributed by atoms with Crippen LogP contribution in [0.3, 0.4) is 0 Å².